The second-order valence-electron chi connectivity index (χ2n) is 4.08. The molecule has 4 nitrogen and oxygen atoms in total. The van der Waals surface area contributed by atoms with Gasteiger partial charge in [0.2, 0.25) is 5.91 Å². The van der Waals surface area contributed by atoms with Crippen molar-refractivity contribution in [3.8, 4) is 0 Å². The molecule has 1 heterocycles. The molecule has 0 fully saturated rings. The first-order chi connectivity index (χ1) is 8.43. The lowest BCUT2D eigenvalue weighted by molar-refractivity contribution is -0.148. The Labute approximate surface area is 115 Å². The van der Waals surface area contributed by atoms with E-state index in [1.54, 1.807) is 24.9 Å². The Hall–Kier alpha value is -1.07. The van der Waals surface area contributed by atoms with E-state index < -0.39 is 5.92 Å². The van der Waals surface area contributed by atoms with E-state index >= 15 is 0 Å². The molecular weight excluding hydrogens is 274 g/mol. The molecule has 0 unspecified atom stereocenters. The van der Waals surface area contributed by atoms with E-state index in [9.17, 15) is 9.59 Å². The van der Waals surface area contributed by atoms with Gasteiger partial charge in [-0.1, -0.05) is 18.5 Å². The Kier molecular flexibility index (Phi) is 5.62. The predicted octanol–water partition coefficient (Wildman–Crippen LogP) is 2.56. The third-order valence-corrected chi connectivity index (χ3v) is 3.75. The first-order valence-corrected chi connectivity index (χ1v) is 6.69. The van der Waals surface area contributed by atoms with Crippen molar-refractivity contribution in [3.63, 3.8) is 0 Å². The number of carbonyl (C=O) groups is 2. The van der Waals surface area contributed by atoms with Gasteiger partial charge in [-0.05, 0) is 12.1 Å². The van der Waals surface area contributed by atoms with Gasteiger partial charge in [-0.15, -0.1) is 11.3 Å². The Morgan fingerprint density at radius 3 is 2.67 bits per heavy atom. The second-order valence-corrected chi connectivity index (χ2v) is 5.88. The topological polar surface area (TPSA) is 46.6 Å². The molecule has 0 saturated carbocycles. The van der Waals surface area contributed by atoms with E-state index in [2.05, 4.69) is 4.74 Å². The van der Waals surface area contributed by atoms with Crippen molar-refractivity contribution in [1.82, 2.24) is 4.90 Å². The fourth-order valence-electron chi connectivity index (χ4n) is 1.46. The number of hydrogen-bond acceptors (Lipinski definition) is 4. The smallest absolute Gasteiger partial charge is 0.308 e. The van der Waals surface area contributed by atoms with Gasteiger partial charge in [0.25, 0.3) is 0 Å². The largest absolute Gasteiger partial charge is 0.469 e. The highest BCUT2D eigenvalue weighted by Gasteiger charge is 2.20. The number of ether oxygens (including phenoxy) is 1. The number of amides is 1. The molecule has 0 saturated heterocycles. The zero-order chi connectivity index (χ0) is 13.7. The number of nitrogens with zero attached hydrogens (tertiary/aromatic N) is 1. The summed E-state index contributed by atoms with van der Waals surface area (Å²) in [5, 5.41) is 0. The van der Waals surface area contributed by atoms with Gasteiger partial charge in [-0.25, -0.2) is 0 Å². The summed E-state index contributed by atoms with van der Waals surface area (Å²) in [6, 6.07) is 3.69. The van der Waals surface area contributed by atoms with Crippen LogP contribution >= 0.6 is 22.9 Å². The standard InChI is InChI=1S/C12H16ClNO3S/c1-8(12(16)17-3)6-11(15)14(2)7-9-4-5-10(13)18-9/h4-5,8H,6-7H2,1-3H3/t8-/m1/s1. The number of esters is 1. The van der Waals surface area contributed by atoms with Gasteiger partial charge < -0.3 is 9.64 Å². The van der Waals surface area contributed by atoms with Crippen LogP contribution in [0.3, 0.4) is 0 Å². The lowest BCUT2D eigenvalue weighted by Crippen LogP contribution is -2.29. The molecule has 1 atom stereocenters. The van der Waals surface area contributed by atoms with Gasteiger partial charge in [0.15, 0.2) is 0 Å². The maximum absolute atomic E-state index is 11.9. The summed E-state index contributed by atoms with van der Waals surface area (Å²) >= 11 is 7.27. The first kappa shape index (κ1) is 15.0. The summed E-state index contributed by atoms with van der Waals surface area (Å²) in [6.07, 6.45) is 0.155. The molecule has 1 aromatic rings. The quantitative estimate of drug-likeness (QED) is 0.783. The minimum absolute atomic E-state index is 0.0857. The van der Waals surface area contributed by atoms with Crippen LogP contribution in [0.15, 0.2) is 12.1 Å². The first-order valence-electron chi connectivity index (χ1n) is 5.50. The van der Waals surface area contributed by atoms with Gasteiger partial charge in [-0.3, -0.25) is 9.59 Å². The lowest BCUT2D eigenvalue weighted by atomic mass is 10.1. The molecule has 1 aromatic heterocycles. The van der Waals surface area contributed by atoms with Crippen LogP contribution in [0.2, 0.25) is 4.34 Å². The van der Waals surface area contributed by atoms with Crippen LogP contribution < -0.4 is 0 Å². The Morgan fingerprint density at radius 1 is 1.50 bits per heavy atom. The summed E-state index contributed by atoms with van der Waals surface area (Å²) in [5.41, 5.74) is 0. The van der Waals surface area contributed by atoms with Crippen molar-refractivity contribution in [2.75, 3.05) is 14.2 Å². The molecule has 100 valence electrons. The minimum atomic E-state index is -0.420. The number of methoxy groups -OCH3 is 1. The molecule has 6 heteroatoms. The number of thiophene rings is 1. The summed E-state index contributed by atoms with van der Waals surface area (Å²) in [7, 11) is 3.03. The van der Waals surface area contributed by atoms with Crippen molar-refractivity contribution in [2.24, 2.45) is 5.92 Å². The number of halogens is 1. The van der Waals surface area contributed by atoms with Crippen LogP contribution in [0.5, 0.6) is 0 Å². The molecule has 0 aliphatic heterocycles. The third-order valence-electron chi connectivity index (χ3n) is 2.53. The van der Waals surface area contributed by atoms with E-state index in [0.717, 1.165) is 4.88 Å². The van der Waals surface area contributed by atoms with Crippen LogP contribution in [0.25, 0.3) is 0 Å². The minimum Gasteiger partial charge on any atom is -0.469 e. The zero-order valence-corrected chi connectivity index (χ0v) is 12.2. The van der Waals surface area contributed by atoms with Gasteiger partial charge in [0.1, 0.15) is 0 Å². The van der Waals surface area contributed by atoms with Gasteiger partial charge in [0.05, 0.1) is 23.9 Å². The van der Waals surface area contributed by atoms with Crippen molar-refractivity contribution in [1.29, 1.82) is 0 Å². The molecule has 0 aliphatic rings. The maximum atomic E-state index is 11.9. The maximum Gasteiger partial charge on any atom is 0.308 e. The van der Waals surface area contributed by atoms with Crippen molar-refractivity contribution >= 4 is 34.8 Å². The normalized spacial score (nSPS) is 12.0. The van der Waals surface area contributed by atoms with E-state index in [-0.39, 0.29) is 18.3 Å². The number of hydrogen-bond donors (Lipinski definition) is 0. The molecular formula is C12H16ClNO3S. The van der Waals surface area contributed by atoms with E-state index in [1.807, 2.05) is 6.07 Å². The molecule has 0 spiro atoms. The van der Waals surface area contributed by atoms with Gasteiger partial charge in [0, 0.05) is 18.3 Å². The van der Waals surface area contributed by atoms with Crippen molar-refractivity contribution in [3.05, 3.63) is 21.3 Å². The summed E-state index contributed by atoms with van der Waals surface area (Å²) < 4.78 is 5.29. The number of carbonyl (C=O) groups excluding carboxylic acids is 2. The SMILES string of the molecule is COC(=O)[C@H](C)CC(=O)N(C)Cc1ccc(Cl)s1. The molecule has 0 aliphatic carbocycles. The predicted molar refractivity (Wildman–Crippen MR) is 71.6 cm³/mol. The molecule has 18 heavy (non-hydrogen) atoms. The Balaban J connectivity index is 2.49. The highest BCUT2D eigenvalue weighted by molar-refractivity contribution is 7.16. The Bertz CT molecular complexity index is 433. The summed E-state index contributed by atoms with van der Waals surface area (Å²) in [4.78, 5) is 25.7. The molecule has 0 N–H and O–H groups in total. The summed E-state index contributed by atoms with van der Waals surface area (Å²) in [6.45, 7) is 2.18. The van der Waals surface area contributed by atoms with Crippen LogP contribution in [-0.2, 0) is 20.9 Å². The van der Waals surface area contributed by atoms with E-state index in [0.29, 0.717) is 10.9 Å². The average Bonchev–Trinajstić information content (AvgIpc) is 2.73. The van der Waals surface area contributed by atoms with Crippen LogP contribution in [0.4, 0.5) is 0 Å². The molecule has 0 radical (unpaired) electrons. The zero-order valence-electron chi connectivity index (χ0n) is 10.6. The van der Waals surface area contributed by atoms with E-state index in [1.165, 1.54) is 18.4 Å². The highest BCUT2D eigenvalue weighted by Crippen LogP contribution is 2.22. The van der Waals surface area contributed by atoms with Gasteiger partial charge >= 0.3 is 5.97 Å². The monoisotopic (exact) mass is 289 g/mol. The van der Waals surface area contributed by atoms with Gasteiger partial charge in [-0.2, -0.15) is 0 Å². The fourth-order valence-corrected chi connectivity index (χ4v) is 2.60. The van der Waals surface area contributed by atoms with Crippen LogP contribution in [0, 0.1) is 5.92 Å². The lowest BCUT2D eigenvalue weighted by Gasteiger charge is -2.18. The van der Waals surface area contributed by atoms with Crippen molar-refractivity contribution < 1.29 is 14.3 Å². The Morgan fingerprint density at radius 2 is 2.17 bits per heavy atom. The van der Waals surface area contributed by atoms with Crippen LogP contribution in [0.1, 0.15) is 18.2 Å². The van der Waals surface area contributed by atoms with Crippen LogP contribution in [-0.4, -0.2) is 30.9 Å². The second kappa shape index (κ2) is 6.75. The third kappa shape index (κ3) is 4.31. The summed E-state index contributed by atoms with van der Waals surface area (Å²) in [5.74, 6) is -0.870. The van der Waals surface area contributed by atoms with Crippen molar-refractivity contribution in [2.45, 2.75) is 19.9 Å². The van der Waals surface area contributed by atoms with E-state index in [4.69, 9.17) is 11.6 Å². The highest BCUT2D eigenvalue weighted by atomic mass is 35.5. The fraction of sp³-hybridized carbons (Fsp3) is 0.500. The molecule has 0 bridgehead atoms. The number of rotatable bonds is 5. The molecule has 1 amide bonds. The molecule has 0 aromatic carbocycles. The average molecular weight is 290 g/mol. The molecule has 1 rings (SSSR count).